The van der Waals surface area contributed by atoms with Gasteiger partial charge in [0, 0.05) is 43.9 Å². The summed E-state index contributed by atoms with van der Waals surface area (Å²) in [5.41, 5.74) is 3.19. The Morgan fingerprint density at radius 2 is 1.88 bits per heavy atom. The Labute approximate surface area is 187 Å². The zero-order valence-electron chi connectivity index (χ0n) is 18.5. The molecule has 0 spiro atoms. The molecule has 2 aromatic carbocycles. The first-order valence-corrected chi connectivity index (χ1v) is 10.7. The SMILES string of the molecule is COc1ccc(OC)c(N2CC(C(=O)Nc3ccc4c(c3)CCCN4C(C)=O)CC2=O)c1. The summed E-state index contributed by atoms with van der Waals surface area (Å²) in [6.07, 6.45) is 1.86. The molecule has 32 heavy (non-hydrogen) atoms. The maximum atomic E-state index is 12.9. The molecule has 168 valence electrons. The zero-order valence-corrected chi connectivity index (χ0v) is 18.5. The second-order valence-electron chi connectivity index (χ2n) is 8.05. The molecule has 2 aromatic rings. The molecule has 3 amide bonds. The van der Waals surface area contributed by atoms with Crippen molar-refractivity contribution in [1.82, 2.24) is 0 Å². The number of ether oxygens (including phenoxy) is 2. The second kappa shape index (κ2) is 8.90. The third kappa shape index (κ3) is 4.12. The van der Waals surface area contributed by atoms with Crippen molar-refractivity contribution in [3.63, 3.8) is 0 Å². The average molecular weight is 437 g/mol. The summed E-state index contributed by atoms with van der Waals surface area (Å²) in [5.74, 6) is 0.338. The molecule has 1 saturated heterocycles. The van der Waals surface area contributed by atoms with Gasteiger partial charge in [-0.3, -0.25) is 14.4 Å². The number of rotatable bonds is 5. The molecule has 2 aliphatic heterocycles. The number of hydrogen-bond donors (Lipinski definition) is 1. The van der Waals surface area contributed by atoms with Crippen molar-refractivity contribution in [3.8, 4) is 11.5 Å². The molecule has 0 aliphatic carbocycles. The monoisotopic (exact) mass is 437 g/mol. The van der Waals surface area contributed by atoms with Crippen LogP contribution in [0, 0.1) is 5.92 Å². The van der Waals surface area contributed by atoms with E-state index in [-0.39, 0.29) is 30.7 Å². The van der Waals surface area contributed by atoms with E-state index in [0.29, 0.717) is 29.4 Å². The highest BCUT2D eigenvalue weighted by molar-refractivity contribution is 6.04. The van der Waals surface area contributed by atoms with Crippen LogP contribution in [0.25, 0.3) is 0 Å². The fourth-order valence-electron chi connectivity index (χ4n) is 4.37. The van der Waals surface area contributed by atoms with Crippen LogP contribution in [-0.2, 0) is 20.8 Å². The molecular weight excluding hydrogens is 410 g/mol. The molecule has 1 unspecified atom stereocenters. The van der Waals surface area contributed by atoms with Crippen molar-refractivity contribution in [3.05, 3.63) is 42.0 Å². The van der Waals surface area contributed by atoms with Crippen LogP contribution in [0.1, 0.15) is 25.3 Å². The van der Waals surface area contributed by atoms with Gasteiger partial charge in [-0.05, 0) is 48.7 Å². The van der Waals surface area contributed by atoms with Gasteiger partial charge >= 0.3 is 0 Å². The molecule has 0 saturated carbocycles. The maximum Gasteiger partial charge on any atom is 0.229 e. The first-order chi connectivity index (χ1) is 15.4. The van der Waals surface area contributed by atoms with Gasteiger partial charge in [0.05, 0.1) is 25.8 Å². The lowest BCUT2D eigenvalue weighted by atomic mass is 10.0. The summed E-state index contributed by atoms with van der Waals surface area (Å²) in [4.78, 5) is 40.9. The Balaban J connectivity index is 1.49. The standard InChI is InChI=1S/C24H27N3O5/c1-15(28)26-10-4-5-16-11-18(6-8-20(16)26)25-24(30)17-12-23(29)27(14-17)21-13-19(31-2)7-9-22(21)32-3/h6-9,11,13,17H,4-5,10,12,14H2,1-3H3,(H,25,30). The highest BCUT2D eigenvalue weighted by atomic mass is 16.5. The van der Waals surface area contributed by atoms with E-state index in [0.717, 1.165) is 24.1 Å². The van der Waals surface area contributed by atoms with Gasteiger partial charge in [-0.1, -0.05) is 0 Å². The molecule has 2 aliphatic rings. The second-order valence-corrected chi connectivity index (χ2v) is 8.05. The number of benzene rings is 2. The Bertz CT molecular complexity index is 1070. The van der Waals surface area contributed by atoms with Crippen LogP contribution >= 0.6 is 0 Å². The number of nitrogens with zero attached hydrogens (tertiary/aromatic N) is 2. The number of carbonyl (C=O) groups excluding carboxylic acids is 3. The highest BCUT2D eigenvalue weighted by Gasteiger charge is 2.36. The quantitative estimate of drug-likeness (QED) is 0.777. The van der Waals surface area contributed by atoms with E-state index in [1.807, 2.05) is 12.1 Å². The van der Waals surface area contributed by atoms with Crippen LogP contribution < -0.4 is 24.6 Å². The molecule has 1 fully saturated rings. The summed E-state index contributed by atoms with van der Waals surface area (Å²) in [5, 5.41) is 2.94. The summed E-state index contributed by atoms with van der Waals surface area (Å²) in [6, 6.07) is 10.8. The average Bonchev–Trinajstić information content (AvgIpc) is 3.19. The van der Waals surface area contributed by atoms with E-state index in [2.05, 4.69) is 5.32 Å². The third-order valence-corrected chi connectivity index (χ3v) is 6.02. The minimum Gasteiger partial charge on any atom is -0.497 e. The molecule has 0 bridgehead atoms. The molecule has 0 radical (unpaired) electrons. The Kier molecular flexibility index (Phi) is 6.03. The normalized spacial score (nSPS) is 17.7. The Morgan fingerprint density at radius 3 is 2.59 bits per heavy atom. The summed E-state index contributed by atoms with van der Waals surface area (Å²) in [6.45, 7) is 2.53. The van der Waals surface area contributed by atoms with E-state index in [9.17, 15) is 14.4 Å². The van der Waals surface area contributed by atoms with Gasteiger partial charge in [-0.25, -0.2) is 0 Å². The van der Waals surface area contributed by atoms with Crippen LogP contribution in [0.5, 0.6) is 11.5 Å². The van der Waals surface area contributed by atoms with Gasteiger partial charge < -0.3 is 24.6 Å². The summed E-state index contributed by atoms with van der Waals surface area (Å²) < 4.78 is 10.7. The van der Waals surface area contributed by atoms with E-state index in [1.54, 1.807) is 55.2 Å². The van der Waals surface area contributed by atoms with Crippen LogP contribution in [0.4, 0.5) is 17.1 Å². The number of carbonyl (C=O) groups is 3. The van der Waals surface area contributed by atoms with Gasteiger partial charge in [-0.15, -0.1) is 0 Å². The molecular formula is C24H27N3O5. The number of fused-ring (bicyclic) bond motifs is 1. The number of anilines is 3. The molecule has 2 heterocycles. The summed E-state index contributed by atoms with van der Waals surface area (Å²) >= 11 is 0. The van der Waals surface area contributed by atoms with E-state index < -0.39 is 5.92 Å². The molecule has 8 heteroatoms. The van der Waals surface area contributed by atoms with Crippen molar-refractivity contribution in [2.24, 2.45) is 5.92 Å². The van der Waals surface area contributed by atoms with Crippen molar-refractivity contribution < 1.29 is 23.9 Å². The number of aryl methyl sites for hydroxylation is 1. The topological polar surface area (TPSA) is 88.2 Å². The lowest BCUT2D eigenvalue weighted by molar-refractivity contribution is -0.122. The minimum absolute atomic E-state index is 0.0141. The number of methoxy groups -OCH3 is 2. The molecule has 1 N–H and O–H groups in total. The van der Waals surface area contributed by atoms with Crippen LogP contribution in [-0.4, -0.2) is 45.0 Å². The summed E-state index contributed by atoms with van der Waals surface area (Å²) in [7, 11) is 3.10. The zero-order chi connectivity index (χ0) is 22.8. The van der Waals surface area contributed by atoms with Gasteiger partial charge in [0.1, 0.15) is 11.5 Å². The van der Waals surface area contributed by atoms with Crippen molar-refractivity contribution in [2.45, 2.75) is 26.2 Å². The lowest BCUT2D eigenvalue weighted by Gasteiger charge is -2.29. The van der Waals surface area contributed by atoms with E-state index >= 15 is 0 Å². The smallest absolute Gasteiger partial charge is 0.229 e. The van der Waals surface area contributed by atoms with E-state index in [1.165, 1.54) is 0 Å². The molecule has 4 rings (SSSR count). The van der Waals surface area contributed by atoms with Crippen molar-refractivity contribution in [2.75, 3.05) is 42.4 Å². The fourth-order valence-corrected chi connectivity index (χ4v) is 4.37. The first kappa shape index (κ1) is 21.7. The van der Waals surface area contributed by atoms with Crippen LogP contribution in [0.3, 0.4) is 0 Å². The van der Waals surface area contributed by atoms with Crippen molar-refractivity contribution in [1.29, 1.82) is 0 Å². The Morgan fingerprint density at radius 1 is 1.06 bits per heavy atom. The van der Waals surface area contributed by atoms with Gasteiger partial charge in [0.25, 0.3) is 0 Å². The predicted molar refractivity (Wildman–Crippen MR) is 121 cm³/mol. The largest absolute Gasteiger partial charge is 0.497 e. The number of hydrogen-bond acceptors (Lipinski definition) is 5. The van der Waals surface area contributed by atoms with E-state index in [4.69, 9.17) is 9.47 Å². The maximum absolute atomic E-state index is 12.9. The number of amides is 3. The van der Waals surface area contributed by atoms with Gasteiger partial charge in [-0.2, -0.15) is 0 Å². The predicted octanol–water partition coefficient (Wildman–Crippen LogP) is 2.99. The lowest BCUT2D eigenvalue weighted by Crippen LogP contribution is -2.33. The molecule has 0 aromatic heterocycles. The van der Waals surface area contributed by atoms with Crippen LogP contribution in [0.2, 0.25) is 0 Å². The first-order valence-electron chi connectivity index (χ1n) is 10.7. The highest BCUT2D eigenvalue weighted by Crippen LogP contribution is 2.36. The van der Waals surface area contributed by atoms with Crippen LogP contribution in [0.15, 0.2) is 36.4 Å². The molecule has 8 nitrogen and oxygen atoms in total. The third-order valence-electron chi connectivity index (χ3n) is 6.02. The molecule has 1 atom stereocenters. The minimum atomic E-state index is -0.483. The number of nitrogens with one attached hydrogen (secondary N) is 1. The van der Waals surface area contributed by atoms with Crippen molar-refractivity contribution >= 4 is 34.8 Å². The Hall–Kier alpha value is -3.55. The fraction of sp³-hybridized carbons (Fsp3) is 0.375. The van der Waals surface area contributed by atoms with Gasteiger partial charge in [0.2, 0.25) is 17.7 Å². The van der Waals surface area contributed by atoms with Gasteiger partial charge in [0.15, 0.2) is 0 Å².